The fourth-order valence-corrected chi connectivity index (χ4v) is 5.50. The Kier molecular flexibility index (Phi) is 5.69. The zero-order chi connectivity index (χ0) is 20.3. The van der Waals surface area contributed by atoms with E-state index in [1.807, 2.05) is 18.2 Å². The number of hydrogen-bond acceptors (Lipinski definition) is 6. The maximum Gasteiger partial charge on any atom is 0.268 e. The van der Waals surface area contributed by atoms with Gasteiger partial charge in [0.05, 0.1) is 0 Å². The van der Waals surface area contributed by atoms with Gasteiger partial charge in [0, 0.05) is 55.9 Å². The molecule has 0 spiro atoms. The van der Waals surface area contributed by atoms with Crippen LogP contribution in [0.15, 0.2) is 53.9 Å². The van der Waals surface area contributed by atoms with Crippen LogP contribution in [-0.2, 0) is 16.6 Å². The summed E-state index contributed by atoms with van der Waals surface area (Å²) in [6, 6.07) is 6.85. The molecule has 0 aliphatic carbocycles. The van der Waals surface area contributed by atoms with Crippen molar-refractivity contribution in [3.8, 4) is 5.82 Å². The Balaban J connectivity index is 1.38. The largest absolute Gasteiger partial charge is 0.356 e. The van der Waals surface area contributed by atoms with Crippen LogP contribution in [0.2, 0.25) is 0 Å². The molecule has 1 aliphatic heterocycles. The summed E-state index contributed by atoms with van der Waals surface area (Å²) < 4.78 is 28.5. The number of amides is 1. The van der Waals surface area contributed by atoms with Gasteiger partial charge < -0.3 is 10.3 Å². The fourth-order valence-electron chi connectivity index (χ4n) is 2.93. The van der Waals surface area contributed by atoms with Crippen LogP contribution in [0.3, 0.4) is 0 Å². The average Bonchev–Trinajstić information content (AvgIpc) is 3.46. The number of nitrogens with one attached hydrogen (secondary N) is 2. The molecule has 1 saturated heterocycles. The maximum absolute atomic E-state index is 12.7. The van der Waals surface area contributed by atoms with Crippen molar-refractivity contribution in [2.75, 3.05) is 24.6 Å². The summed E-state index contributed by atoms with van der Waals surface area (Å²) in [6.07, 6.45) is 6.50. The highest BCUT2D eigenvalue weighted by atomic mass is 32.2. The number of pyridine rings is 1. The molecule has 29 heavy (non-hydrogen) atoms. The predicted octanol–water partition coefficient (Wildman–Crippen LogP) is 1.26. The van der Waals surface area contributed by atoms with Crippen LogP contribution in [0.25, 0.3) is 5.82 Å². The molecule has 0 saturated carbocycles. The fraction of sp³-hybridized carbons (Fsp3) is 0.278. The Morgan fingerprint density at radius 2 is 2.10 bits per heavy atom. The molecule has 4 rings (SSSR count). The Morgan fingerprint density at radius 1 is 1.28 bits per heavy atom. The molecular formula is C18H20N6O3S2. The first-order valence-corrected chi connectivity index (χ1v) is 11.6. The summed E-state index contributed by atoms with van der Waals surface area (Å²) in [5, 5.41) is 6.88. The van der Waals surface area contributed by atoms with Crippen molar-refractivity contribution in [2.45, 2.75) is 11.4 Å². The van der Waals surface area contributed by atoms with E-state index >= 15 is 0 Å². The van der Waals surface area contributed by atoms with E-state index in [4.69, 9.17) is 0 Å². The van der Waals surface area contributed by atoms with Crippen molar-refractivity contribution >= 4 is 27.7 Å². The summed E-state index contributed by atoms with van der Waals surface area (Å²) in [5.74, 6) is 1.87. The zero-order valence-corrected chi connectivity index (χ0v) is 17.1. The predicted molar refractivity (Wildman–Crippen MR) is 109 cm³/mol. The maximum atomic E-state index is 12.7. The van der Waals surface area contributed by atoms with Crippen LogP contribution in [0.5, 0.6) is 0 Å². The molecule has 1 fully saturated rings. The molecule has 0 radical (unpaired) electrons. The number of carbonyl (C=O) groups is 1. The van der Waals surface area contributed by atoms with Crippen molar-refractivity contribution in [3.05, 3.63) is 60.3 Å². The normalized spacial score (nSPS) is 15.3. The van der Waals surface area contributed by atoms with Gasteiger partial charge in [-0.1, -0.05) is 6.07 Å². The van der Waals surface area contributed by atoms with Gasteiger partial charge in [-0.2, -0.15) is 21.2 Å². The minimum atomic E-state index is -3.58. The monoisotopic (exact) mass is 432 g/mol. The highest BCUT2D eigenvalue weighted by Gasteiger charge is 2.27. The first-order chi connectivity index (χ1) is 14.0. The summed E-state index contributed by atoms with van der Waals surface area (Å²) in [7, 11) is -3.58. The molecule has 0 unspecified atom stereocenters. The number of aromatic amines is 1. The van der Waals surface area contributed by atoms with Crippen LogP contribution in [0.4, 0.5) is 0 Å². The summed E-state index contributed by atoms with van der Waals surface area (Å²) >= 11 is 1.74. The third kappa shape index (κ3) is 4.36. The molecule has 11 heteroatoms. The number of H-pyrrole nitrogens is 1. The minimum Gasteiger partial charge on any atom is -0.356 e. The van der Waals surface area contributed by atoms with Gasteiger partial charge in [0.2, 0.25) is 10.0 Å². The second-order valence-corrected chi connectivity index (χ2v) is 9.59. The molecular weight excluding hydrogens is 412 g/mol. The van der Waals surface area contributed by atoms with E-state index in [0.29, 0.717) is 18.9 Å². The van der Waals surface area contributed by atoms with E-state index in [2.05, 4.69) is 20.4 Å². The van der Waals surface area contributed by atoms with E-state index in [1.54, 1.807) is 35.0 Å². The lowest BCUT2D eigenvalue weighted by atomic mass is 10.2. The number of hydrogen-bond donors (Lipinski definition) is 2. The van der Waals surface area contributed by atoms with E-state index in [1.165, 1.54) is 16.6 Å². The van der Waals surface area contributed by atoms with E-state index in [0.717, 1.165) is 17.1 Å². The van der Waals surface area contributed by atoms with Gasteiger partial charge in [0.1, 0.15) is 10.6 Å². The molecule has 0 atom stereocenters. The van der Waals surface area contributed by atoms with Crippen LogP contribution in [-0.4, -0.2) is 63.0 Å². The Labute approximate surface area is 172 Å². The first-order valence-electron chi connectivity index (χ1n) is 9.03. The summed E-state index contributed by atoms with van der Waals surface area (Å²) in [5.41, 5.74) is 1.02. The minimum absolute atomic E-state index is 0.111. The van der Waals surface area contributed by atoms with E-state index in [9.17, 15) is 13.2 Å². The molecule has 3 aromatic rings. The van der Waals surface area contributed by atoms with Crippen LogP contribution >= 0.6 is 11.8 Å². The molecule has 1 amide bonds. The quantitative estimate of drug-likeness (QED) is 0.606. The second-order valence-electron chi connectivity index (χ2n) is 6.42. The molecule has 152 valence electrons. The molecule has 0 bridgehead atoms. The standard InChI is InChI=1S/C18H20N6O3S2/c25-18(21-12-14-2-3-17(20-11-14)24-5-1-4-22-24)16-10-15(13-19-16)29(26,27)23-6-8-28-9-7-23/h1-5,10-11,13,19H,6-9,12H2,(H,21,25). The number of nitrogens with zero attached hydrogens (tertiary/aromatic N) is 4. The van der Waals surface area contributed by atoms with Gasteiger partial charge in [-0.25, -0.2) is 18.1 Å². The van der Waals surface area contributed by atoms with Gasteiger partial charge in [-0.15, -0.1) is 0 Å². The van der Waals surface area contributed by atoms with Gasteiger partial charge in [0.15, 0.2) is 5.82 Å². The van der Waals surface area contributed by atoms with Gasteiger partial charge in [-0.3, -0.25) is 4.79 Å². The van der Waals surface area contributed by atoms with Gasteiger partial charge >= 0.3 is 0 Å². The zero-order valence-electron chi connectivity index (χ0n) is 15.5. The Bertz CT molecular complexity index is 1070. The number of sulfonamides is 1. The molecule has 0 aromatic carbocycles. The molecule has 9 nitrogen and oxygen atoms in total. The Morgan fingerprint density at radius 3 is 2.79 bits per heavy atom. The lowest BCUT2D eigenvalue weighted by Gasteiger charge is -2.24. The van der Waals surface area contributed by atoms with Crippen molar-refractivity contribution in [2.24, 2.45) is 0 Å². The van der Waals surface area contributed by atoms with Crippen molar-refractivity contribution in [1.29, 1.82) is 0 Å². The second kappa shape index (κ2) is 8.39. The Hall–Kier alpha value is -2.63. The number of thioether (sulfide) groups is 1. The summed E-state index contributed by atoms with van der Waals surface area (Å²) in [4.78, 5) is 19.6. The highest BCUT2D eigenvalue weighted by molar-refractivity contribution is 7.99. The molecule has 2 N–H and O–H groups in total. The highest BCUT2D eigenvalue weighted by Crippen LogP contribution is 2.20. The van der Waals surface area contributed by atoms with Crippen molar-refractivity contribution in [1.82, 2.24) is 29.4 Å². The van der Waals surface area contributed by atoms with E-state index in [-0.39, 0.29) is 23.0 Å². The molecule has 4 heterocycles. The third-order valence-electron chi connectivity index (χ3n) is 4.51. The number of carbonyl (C=O) groups excluding carboxylic acids is 1. The van der Waals surface area contributed by atoms with Crippen molar-refractivity contribution < 1.29 is 13.2 Å². The SMILES string of the molecule is O=C(NCc1ccc(-n2cccn2)nc1)c1cc(S(=O)(=O)N2CCSCC2)c[nH]1. The lowest BCUT2D eigenvalue weighted by molar-refractivity contribution is 0.0946. The third-order valence-corrected chi connectivity index (χ3v) is 7.33. The molecule has 3 aromatic heterocycles. The summed E-state index contributed by atoms with van der Waals surface area (Å²) in [6.45, 7) is 1.25. The van der Waals surface area contributed by atoms with Gasteiger partial charge in [0.25, 0.3) is 5.91 Å². The van der Waals surface area contributed by atoms with E-state index < -0.39 is 10.0 Å². The lowest BCUT2D eigenvalue weighted by Crippen LogP contribution is -2.37. The first kappa shape index (κ1) is 19.7. The number of rotatable bonds is 6. The molecule has 1 aliphatic rings. The van der Waals surface area contributed by atoms with Crippen molar-refractivity contribution in [3.63, 3.8) is 0 Å². The average molecular weight is 433 g/mol. The smallest absolute Gasteiger partial charge is 0.268 e. The topological polar surface area (TPSA) is 113 Å². The van der Waals surface area contributed by atoms with Crippen LogP contribution in [0, 0.1) is 0 Å². The van der Waals surface area contributed by atoms with Crippen LogP contribution in [0.1, 0.15) is 16.1 Å². The van der Waals surface area contributed by atoms with Gasteiger partial charge in [-0.05, 0) is 23.8 Å². The van der Waals surface area contributed by atoms with Crippen LogP contribution < -0.4 is 5.32 Å². The number of aromatic nitrogens is 4.